The number of rotatable bonds is 2. The van der Waals surface area contributed by atoms with E-state index >= 15 is 0 Å². The monoisotopic (exact) mass is 300 g/mol. The molecule has 1 aromatic carbocycles. The Balaban J connectivity index is 1.86. The second-order valence-corrected chi connectivity index (χ2v) is 6.00. The summed E-state index contributed by atoms with van der Waals surface area (Å²) in [5.41, 5.74) is 0.588. The molecule has 3 nitrogen and oxygen atoms in total. The maximum Gasteiger partial charge on any atom is 0.257 e. The molecule has 0 unspecified atom stereocenters. The molecule has 18 heavy (non-hydrogen) atoms. The van der Waals surface area contributed by atoms with Gasteiger partial charge in [-0.15, -0.1) is 11.6 Å². The van der Waals surface area contributed by atoms with Crippen molar-refractivity contribution in [1.29, 1.82) is 0 Å². The number of halogens is 1. The number of carbonyl (C=O) groups is 1. The van der Waals surface area contributed by atoms with Crippen LogP contribution in [0.5, 0.6) is 0 Å². The zero-order valence-corrected chi connectivity index (χ0v) is 11.9. The SMILES string of the molecule is O=C(NC(=S)N[C@@H]1CSC[C@H]1Cl)c1ccccc1. The number of alkyl halides is 1. The molecule has 2 atom stereocenters. The Morgan fingerprint density at radius 3 is 2.67 bits per heavy atom. The molecule has 2 rings (SSSR count). The van der Waals surface area contributed by atoms with E-state index in [4.69, 9.17) is 23.8 Å². The molecule has 1 aliphatic rings. The Morgan fingerprint density at radius 1 is 1.33 bits per heavy atom. The van der Waals surface area contributed by atoms with Crippen molar-refractivity contribution in [3.63, 3.8) is 0 Å². The van der Waals surface area contributed by atoms with Crippen LogP contribution in [-0.2, 0) is 0 Å². The van der Waals surface area contributed by atoms with Crippen molar-refractivity contribution >= 4 is 46.6 Å². The smallest absolute Gasteiger partial charge is 0.257 e. The number of hydrogen-bond acceptors (Lipinski definition) is 3. The normalized spacial score (nSPS) is 22.5. The molecule has 0 bridgehead atoms. The van der Waals surface area contributed by atoms with Crippen molar-refractivity contribution in [2.75, 3.05) is 11.5 Å². The minimum absolute atomic E-state index is 0.0570. The predicted molar refractivity (Wildman–Crippen MR) is 80.4 cm³/mol. The largest absolute Gasteiger partial charge is 0.357 e. The summed E-state index contributed by atoms with van der Waals surface area (Å²) in [7, 11) is 0. The molecule has 0 aliphatic carbocycles. The molecule has 1 saturated heterocycles. The molecule has 96 valence electrons. The van der Waals surface area contributed by atoms with Gasteiger partial charge in [-0.3, -0.25) is 10.1 Å². The van der Waals surface area contributed by atoms with Crippen molar-refractivity contribution in [2.45, 2.75) is 11.4 Å². The fourth-order valence-electron chi connectivity index (χ4n) is 1.63. The maximum atomic E-state index is 11.8. The van der Waals surface area contributed by atoms with Crippen LogP contribution < -0.4 is 10.6 Å². The van der Waals surface area contributed by atoms with Crippen LogP contribution in [0.2, 0.25) is 0 Å². The molecule has 0 radical (unpaired) electrons. The van der Waals surface area contributed by atoms with E-state index in [0.717, 1.165) is 11.5 Å². The molecule has 0 saturated carbocycles. The number of thioether (sulfide) groups is 1. The van der Waals surface area contributed by atoms with E-state index in [1.54, 1.807) is 23.9 Å². The second-order valence-electron chi connectivity index (χ2n) is 3.95. The predicted octanol–water partition coefficient (Wildman–Crippen LogP) is 2.01. The number of hydrogen-bond donors (Lipinski definition) is 2. The van der Waals surface area contributed by atoms with Crippen molar-refractivity contribution in [3.8, 4) is 0 Å². The summed E-state index contributed by atoms with van der Waals surface area (Å²) >= 11 is 13.0. The van der Waals surface area contributed by atoms with Gasteiger partial charge in [0.05, 0.1) is 11.4 Å². The summed E-state index contributed by atoms with van der Waals surface area (Å²) in [5.74, 6) is 1.62. The number of carbonyl (C=O) groups excluding carboxylic acids is 1. The van der Waals surface area contributed by atoms with Crippen LogP contribution in [0.1, 0.15) is 10.4 Å². The van der Waals surface area contributed by atoms with E-state index in [1.807, 2.05) is 18.2 Å². The van der Waals surface area contributed by atoms with E-state index in [9.17, 15) is 4.79 Å². The van der Waals surface area contributed by atoms with E-state index in [1.165, 1.54) is 0 Å². The standard InChI is InChI=1S/C12H13ClN2OS2/c13-9-6-18-7-10(9)14-12(17)15-11(16)8-4-2-1-3-5-8/h1-5,9-10H,6-7H2,(H2,14,15,16,17)/t9-,10-/m1/s1. The number of thiocarbonyl (C=S) groups is 1. The molecule has 0 spiro atoms. The minimum atomic E-state index is -0.204. The average Bonchev–Trinajstić information content (AvgIpc) is 2.76. The Labute approximate surface area is 121 Å². The highest BCUT2D eigenvalue weighted by Gasteiger charge is 2.26. The summed E-state index contributed by atoms with van der Waals surface area (Å²) in [6.07, 6.45) is 0. The van der Waals surface area contributed by atoms with E-state index in [2.05, 4.69) is 10.6 Å². The third-order valence-electron chi connectivity index (χ3n) is 2.59. The third-order valence-corrected chi connectivity index (χ3v) is 4.64. The number of amides is 1. The van der Waals surface area contributed by atoms with Crippen LogP contribution in [-0.4, -0.2) is 33.9 Å². The molecule has 1 amide bonds. The molecular formula is C12H13ClN2OS2. The van der Waals surface area contributed by atoms with Gasteiger partial charge in [0.1, 0.15) is 0 Å². The molecular weight excluding hydrogens is 288 g/mol. The first-order chi connectivity index (χ1) is 8.66. The van der Waals surface area contributed by atoms with Crippen LogP contribution in [0.4, 0.5) is 0 Å². The maximum absolute atomic E-state index is 11.8. The first-order valence-corrected chi connectivity index (χ1v) is 7.55. The summed E-state index contributed by atoms with van der Waals surface area (Å²) in [6, 6.07) is 9.10. The molecule has 2 N–H and O–H groups in total. The Morgan fingerprint density at radius 2 is 2.06 bits per heavy atom. The van der Waals surface area contributed by atoms with Crippen LogP contribution in [0.25, 0.3) is 0 Å². The molecule has 0 aromatic heterocycles. The van der Waals surface area contributed by atoms with E-state index in [-0.39, 0.29) is 17.3 Å². The molecule has 1 aliphatic heterocycles. The summed E-state index contributed by atoms with van der Waals surface area (Å²) < 4.78 is 0. The van der Waals surface area contributed by atoms with E-state index in [0.29, 0.717) is 10.7 Å². The summed E-state index contributed by atoms with van der Waals surface area (Å²) in [4.78, 5) is 11.8. The highest BCUT2D eigenvalue weighted by Crippen LogP contribution is 2.22. The fraction of sp³-hybridized carbons (Fsp3) is 0.333. The van der Waals surface area contributed by atoms with Gasteiger partial charge in [-0.25, -0.2) is 0 Å². The van der Waals surface area contributed by atoms with Crippen molar-refractivity contribution in [2.24, 2.45) is 0 Å². The van der Waals surface area contributed by atoms with Gasteiger partial charge in [0.25, 0.3) is 5.91 Å². The minimum Gasteiger partial charge on any atom is -0.357 e. The number of benzene rings is 1. The van der Waals surface area contributed by atoms with Crippen molar-refractivity contribution in [1.82, 2.24) is 10.6 Å². The molecule has 1 fully saturated rings. The second kappa shape index (κ2) is 6.41. The van der Waals surface area contributed by atoms with Crippen LogP contribution in [0, 0.1) is 0 Å². The van der Waals surface area contributed by atoms with E-state index < -0.39 is 0 Å². The lowest BCUT2D eigenvalue weighted by Gasteiger charge is -2.17. The topological polar surface area (TPSA) is 41.1 Å². The third kappa shape index (κ3) is 3.60. The van der Waals surface area contributed by atoms with Gasteiger partial charge in [0.15, 0.2) is 5.11 Å². The Hall–Kier alpha value is -0.780. The van der Waals surface area contributed by atoms with Gasteiger partial charge in [0, 0.05) is 17.1 Å². The Kier molecular flexibility index (Phi) is 4.86. The Bertz CT molecular complexity index is 441. The van der Waals surface area contributed by atoms with Crippen molar-refractivity contribution in [3.05, 3.63) is 35.9 Å². The van der Waals surface area contributed by atoms with Crippen LogP contribution in [0.15, 0.2) is 30.3 Å². The number of nitrogens with one attached hydrogen (secondary N) is 2. The molecule has 1 heterocycles. The highest BCUT2D eigenvalue weighted by atomic mass is 35.5. The zero-order valence-electron chi connectivity index (χ0n) is 9.56. The van der Waals surface area contributed by atoms with Gasteiger partial charge in [0.2, 0.25) is 0 Å². The lowest BCUT2D eigenvalue weighted by atomic mass is 10.2. The lowest BCUT2D eigenvalue weighted by molar-refractivity contribution is 0.0976. The first-order valence-electron chi connectivity index (χ1n) is 5.55. The van der Waals surface area contributed by atoms with Gasteiger partial charge >= 0.3 is 0 Å². The highest BCUT2D eigenvalue weighted by molar-refractivity contribution is 7.99. The quantitative estimate of drug-likeness (QED) is 0.648. The van der Waals surface area contributed by atoms with Crippen LogP contribution >= 0.6 is 35.6 Å². The van der Waals surface area contributed by atoms with Gasteiger partial charge < -0.3 is 5.32 Å². The first kappa shape index (κ1) is 13.6. The van der Waals surface area contributed by atoms with Gasteiger partial charge in [-0.1, -0.05) is 18.2 Å². The van der Waals surface area contributed by atoms with Gasteiger partial charge in [-0.05, 0) is 24.4 Å². The zero-order chi connectivity index (χ0) is 13.0. The van der Waals surface area contributed by atoms with Gasteiger partial charge in [-0.2, -0.15) is 11.8 Å². The van der Waals surface area contributed by atoms with Crippen LogP contribution in [0.3, 0.4) is 0 Å². The summed E-state index contributed by atoms with van der Waals surface area (Å²) in [5, 5.41) is 6.13. The van der Waals surface area contributed by atoms with Crippen molar-refractivity contribution < 1.29 is 4.79 Å². The fourth-order valence-corrected chi connectivity index (χ4v) is 3.56. The molecule has 1 aromatic rings. The summed E-state index contributed by atoms with van der Waals surface area (Å²) in [6.45, 7) is 0. The average molecular weight is 301 g/mol. The lowest BCUT2D eigenvalue weighted by Crippen LogP contribution is -2.47. The molecule has 6 heteroatoms.